The molecule has 100 valence electrons. The minimum atomic E-state index is -1.33. The number of hydrogen-bond donors (Lipinski definition) is 3. The molecule has 1 aromatic heterocycles. The normalized spacial score (nSPS) is 31.6. The van der Waals surface area contributed by atoms with E-state index in [0.29, 0.717) is 0 Å². The van der Waals surface area contributed by atoms with Gasteiger partial charge in [0.2, 0.25) is 0 Å². The van der Waals surface area contributed by atoms with Gasteiger partial charge in [0, 0.05) is 6.07 Å². The summed E-state index contributed by atoms with van der Waals surface area (Å²) in [5, 5.41) is 32.1. The van der Waals surface area contributed by atoms with Crippen molar-refractivity contribution in [1.82, 2.24) is 9.78 Å². The molecule has 1 fully saturated rings. The first-order valence-corrected chi connectivity index (χ1v) is 5.33. The Balaban J connectivity index is 2.30. The van der Waals surface area contributed by atoms with Crippen molar-refractivity contribution in [2.45, 2.75) is 24.5 Å². The lowest BCUT2D eigenvalue weighted by molar-refractivity contribution is -0.0611. The van der Waals surface area contributed by atoms with Gasteiger partial charge >= 0.3 is 0 Å². The smallest absolute Gasteiger partial charge is 0.272 e. The van der Waals surface area contributed by atoms with E-state index in [4.69, 9.17) is 14.6 Å². The lowest BCUT2D eigenvalue weighted by Crippen LogP contribution is -2.36. The summed E-state index contributed by atoms with van der Waals surface area (Å²) in [6, 6.07) is 1.18. The summed E-state index contributed by atoms with van der Waals surface area (Å²) in [6.07, 6.45) is -3.39. The van der Waals surface area contributed by atoms with Crippen LogP contribution in [0, 0.1) is 0 Å². The quantitative estimate of drug-likeness (QED) is 0.567. The zero-order valence-corrected chi connectivity index (χ0v) is 9.63. The van der Waals surface area contributed by atoms with Gasteiger partial charge in [-0.05, 0) is 0 Å². The predicted molar refractivity (Wildman–Crippen MR) is 58.1 cm³/mol. The maximum absolute atomic E-state index is 11.7. The molecule has 2 heterocycles. The van der Waals surface area contributed by atoms with Crippen molar-refractivity contribution in [3.05, 3.63) is 22.6 Å². The van der Waals surface area contributed by atoms with E-state index in [1.165, 1.54) is 19.4 Å². The number of nitrogens with zero attached hydrogens (tertiary/aromatic N) is 2. The van der Waals surface area contributed by atoms with E-state index >= 15 is 0 Å². The zero-order chi connectivity index (χ0) is 13.3. The molecule has 8 heteroatoms. The standard InChI is InChI=1S/C10H14N2O6/c1-17-5-2-7(14)12(11-3-5)10-9(16)8(15)6(4-13)18-10/h2-3,6,8-10,13,15-16H,4H2,1H3/t6-,8-,9-,10?/m1/s1. The molecular formula is C10H14N2O6. The summed E-state index contributed by atoms with van der Waals surface area (Å²) in [6.45, 7) is -0.459. The fraction of sp³-hybridized carbons (Fsp3) is 0.600. The third kappa shape index (κ3) is 2.10. The minimum Gasteiger partial charge on any atom is -0.495 e. The highest BCUT2D eigenvalue weighted by Gasteiger charge is 2.44. The monoisotopic (exact) mass is 258 g/mol. The molecule has 0 radical (unpaired) electrons. The summed E-state index contributed by atoms with van der Waals surface area (Å²) < 4.78 is 10.9. The van der Waals surface area contributed by atoms with Crippen LogP contribution >= 0.6 is 0 Å². The summed E-state index contributed by atoms with van der Waals surface area (Å²) in [7, 11) is 1.40. The van der Waals surface area contributed by atoms with E-state index in [1.54, 1.807) is 0 Å². The van der Waals surface area contributed by atoms with Gasteiger partial charge in [0.05, 0.1) is 19.9 Å². The topological polar surface area (TPSA) is 114 Å². The molecular weight excluding hydrogens is 244 g/mol. The molecule has 1 aliphatic heterocycles. The second-order valence-corrected chi connectivity index (χ2v) is 3.91. The van der Waals surface area contributed by atoms with E-state index in [0.717, 1.165) is 4.68 Å². The summed E-state index contributed by atoms with van der Waals surface area (Å²) in [4.78, 5) is 11.7. The Morgan fingerprint density at radius 3 is 2.72 bits per heavy atom. The summed E-state index contributed by atoms with van der Waals surface area (Å²) in [5.41, 5.74) is -0.538. The average molecular weight is 258 g/mol. The Morgan fingerprint density at radius 1 is 1.50 bits per heavy atom. The van der Waals surface area contributed by atoms with Crippen LogP contribution in [-0.2, 0) is 4.74 Å². The lowest BCUT2D eigenvalue weighted by atomic mass is 10.1. The largest absolute Gasteiger partial charge is 0.495 e. The van der Waals surface area contributed by atoms with Gasteiger partial charge < -0.3 is 24.8 Å². The Bertz CT molecular complexity index is 476. The molecule has 4 atom stereocenters. The van der Waals surface area contributed by atoms with Crippen LogP contribution in [0.5, 0.6) is 5.75 Å². The van der Waals surface area contributed by atoms with Crippen LogP contribution in [0.2, 0.25) is 0 Å². The van der Waals surface area contributed by atoms with Gasteiger partial charge in [-0.2, -0.15) is 9.78 Å². The Morgan fingerprint density at radius 2 is 2.22 bits per heavy atom. The van der Waals surface area contributed by atoms with Crippen LogP contribution in [0.3, 0.4) is 0 Å². The van der Waals surface area contributed by atoms with Crippen LogP contribution in [0.25, 0.3) is 0 Å². The van der Waals surface area contributed by atoms with Crippen LogP contribution < -0.4 is 10.3 Å². The highest BCUT2D eigenvalue weighted by atomic mass is 16.6. The molecule has 1 saturated heterocycles. The van der Waals surface area contributed by atoms with Gasteiger partial charge in [-0.3, -0.25) is 4.79 Å². The number of aliphatic hydroxyl groups is 3. The van der Waals surface area contributed by atoms with Gasteiger partial charge in [-0.15, -0.1) is 0 Å². The van der Waals surface area contributed by atoms with Crippen molar-refractivity contribution >= 4 is 0 Å². The third-order valence-electron chi connectivity index (χ3n) is 2.79. The van der Waals surface area contributed by atoms with Crippen LogP contribution in [0.1, 0.15) is 6.23 Å². The van der Waals surface area contributed by atoms with Crippen molar-refractivity contribution in [3.8, 4) is 5.75 Å². The number of aromatic nitrogens is 2. The maximum atomic E-state index is 11.7. The van der Waals surface area contributed by atoms with E-state index in [1.807, 2.05) is 0 Å². The van der Waals surface area contributed by atoms with Gasteiger partial charge in [0.25, 0.3) is 5.56 Å². The van der Waals surface area contributed by atoms with Gasteiger partial charge in [0.1, 0.15) is 24.1 Å². The summed E-state index contributed by atoms with van der Waals surface area (Å²) in [5.74, 6) is 0.281. The highest BCUT2D eigenvalue weighted by Crippen LogP contribution is 2.27. The molecule has 1 aromatic rings. The van der Waals surface area contributed by atoms with E-state index in [2.05, 4.69) is 5.10 Å². The first kappa shape index (κ1) is 13.0. The van der Waals surface area contributed by atoms with Gasteiger partial charge in [0.15, 0.2) is 6.23 Å². The first-order valence-electron chi connectivity index (χ1n) is 5.33. The van der Waals surface area contributed by atoms with E-state index in [-0.39, 0.29) is 5.75 Å². The van der Waals surface area contributed by atoms with Crippen molar-refractivity contribution < 1.29 is 24.8 Å². The molecule has 18 heavy (non-hydrogen) atoms. The number of rotatable bonds is 3. The molecule has 1 unspecified atom stereocenters. The number of ether oxygens (including phenoxy) is 2. The van der Waals surface area contributed by atoms with E-state index < -0.39 is 36.7 Å². The maximum Gasteiger partial charge on any atom is 0.272 e. The second-order valence-electron chi connectivity index (χ2n) is 3.91. The average Bonchev–Trinajstić information content (AvgIpc) is 2.66. The molecule has 2 rings (SSSR count). The zero-order valence-electron chi connectivity index (χ0n) is 9.63. The number of methoxy groups -OCH3 is 1. The molecule has 0 amide bonds. The number of aliphatic hydroxyl groups excluding tert-OH is 3. The minimum absolute atomic E-state index is 0.281. The van der Waals surface area contributed by atoms with Crippen molar-refractivity contribution in [2.75, 3.05) is 13.7 Å². The SMILES string of the molecule is COc1cnn(C2O[C@H](CO)[C@@H](O)[C@H]2O)c(=O)c1. The third-order valence-corrected chi connectivity index (χ3v) is 2.79. The van der Waals surface area contributed by atoms with Crippen LogP contribution in [-0.4, -0.2) is 57.1 Å². The molecule has 0 spiro atoms. The Hall–Kier alpha value is -1.48. The van der Waals surface area contributed by atoms with E-state index in [9.17, 15) is 15.0 Å². The highest BCUT2D eigenvalue weighted by molar-refractivity contribution is 5.13. The Kier molecular flexibility index (Phi) is 3.62. The fourth-order valence-electron chi connectivity index (χ4n) is 1.79. The molecule has 0 aliphatic carbocycles. The van der Waals surface area contributed by atoms with Gasteiger partial charge in [-0.1, -0.05) is 0 Å². The molecule has 1 aliphatic rings. The number of hydrogen-bond acceptors (Lipinski definition) is 7. The lowest BCUT2D eigenvalue weighted by Gasteiger charge is -2.16. The molecule has 8 nitrogen and oxygen atoms in total. The molecule has 3 N–H and O–H groups in total. The van der Waals surface area contributed by atoms with Crippen molar-refractivity contribution in [2.24, 2.45) is 0 Å². The molecule has 0 aromatic carbocycles. The van der Waals surface area contributed by atoms with Gasteiger partial charge in [-0.25, -0.2) is 0 Å². The molecule has 0 bridgehead atoms. The first-order chi connectivity index (χ1) is 8.58. The second kappa shape index (κ2) is 5.02. The van der Waals surface area contributed by atoms with Crippen molar-refractivity contribution in [1.29, 1.82) is 0 Å². The Labute approximate surface area is 102 Å². The fourth-order valence-corrected chi connectivity index (χ4v) is 1.79. The molecule has 0 saturated carbocycles. The van der Waals surface area contributed by atoms with Crippen LogP contribution in [0.4, 0.5) is 0 Å². The predicted octanol–water partition coefficient (Wildman–Crippen LogP) is -2.14. The van der Waals surface area contributed by atoms with Crippen molar-refractivity contribution in [3.63, 3.8) is 0 Å². The van der Waals surface area contributed by atoms with Crippen LogP contribution in [0.15, 0.2) is 17.1 Å². The summed E-state index contributed by atoms with van der Waals surface area (Å²) >= 11 is 0.